The molecule has 0 bridgehead atoms. The predicted octanol–water partition coefficient (Wildman–Crippen LogP) is 1.91. The number of furan rings is 1. The van der Waals surface area contributed by atoms with Crippen LogP contribution in [0.2, 0.25) is 0 Å². The van der Waals surface area contributed by atoms with E-state index in [9.17, 15) is 0 Å². The van der Waals surface area contributed by atoms with Gasteiger partial charge in [0.2, 0.25) is 0 Å². The first-order valence-electron chi connectivity index (χ1n) is 6.48. The Morgan fingerprint density at radius 2 is 2.29 bits per heavy atom. The summed E-state index contributed by atoms with van der Waals surface area (Å²) in [5.41, 5.74) is 0. The molecule has 0 radical (unpaired) electrons. The van der Waals surface area contributed by atoms with Crippen LogP contribution in [0.4, 0.5) is 0 Å². The topological polar surface area (TPSA) is 75.8 Å². The quantitative estimate of drug-likeness (QED) is 0.750. The van der Waals surface area contributed by atoms with Gasteiger partial charge in [-0.05, 0) is 30.9 Å². The number of hydrogen-bond donors (Lipinski definition) is 1. The zero-order valence-corrected chi connectivity index (χ0v) is 12.7. The Hall–Kier alpha value is -2.06. The molecule has 0 spiro atoms. The lowest BCUT2D eigenvalue weighted by Crippen LogP contribution is -2.17. The number of aromatic nitrogens is 5. The molecule has 0 saturated heterocycles. The SMILES string of the molecule is CN(Cc1ncc[nH]1)Cc1ccc(Sc2nncn2C)o1. The van der Waals surface area contributed by atoms with E-state index >= 15 is 0 Å². The van der Waals surface area contributed by atoms with E-state index in [0.717, 1.165) is 34.9 Å². The number of H-pyrrole nitrogens is 1. The minimum atomic E-state index is 0.722. The Bertz CT molecular complexity index is 689. The van der Waals surface area contributed by atoms with Gasteiger partial charge in [-0.1, -0.05) is 0 Å². The van der Waals surface area contributed by atoms with Crippen molar-refractivity contribution in [1.82, 2.24) is 29.6 Å². The molecule has 3 aromatic heterocycles. The van der Waals surface area contributed by atoms with Gasteiger partial charge in [0.05, 0.1) is 13.1 Å². The fourth-order valence-corrected chi connectivity index (χ4v) is 2.66. The molecule has 0 fully saturated rings. The van der Waals surface area contributed by atoms with Gasteiger partial charge in [0.15, 0.2) is 10.2 Å². The number of rotatable bonds is 6. The maximum atomic E-state index is 5.81. The third-order valence-corrected chi connectivity index (χ3v) is 3.87. The summed E-state index contributed by atoms with van der Waals surface area (Å²) < 4.78 is 7.67. The van der Waals surface area contributed by atoms with Crippen LogP contribution in [0, 0.1) is 0 Å². The summed E-state index contributed by atoms with van der Waals surface area (Å²) in [5.74, 6) is 1.85. The average Bonchev–Trinajstić information content (AvgIpc) is 3.16. The second kappa shape index (κ2) is 6.15. The molecule has 8 heteroatoms. The molecule has 0 amide bonds. The van der Waals surface area contributed by atoms with E-state index in [1.54, 1.807) is 12.5 Å². The van der Waals surface area contributed by atoms with Crippen molar-refractivity contribution in [2.75, 3.05) is 7.05 Å². The zero-order chi connectivity index (χ0) is 14.7. The van der Waals surface area contributed by atoms with E-state index in [4.69, 9.17) is 4.42 Å². The number of imidazole rings is 1. The fraction of sp³-hybridized carbons (Fsp3) is 0.308. The van der Waals surface area contributed by atoms with Crippen LogP contribution in [0.1, 0.15) is 11.6 Å². The van der Waals surface area contributed by atoms with Gasteiger partial charge >= 0.3 is 0 Å². The molecule has 0 aliphatic rings. The van der Waals surface area contributed by atoms with Crippen LogP contribution in [0.15, 0.2) is 45.5 Å². The highest BCUT2D eigenvalue weighted by Gasteiger charge is 2.10. The summed E-state index contributed by atoms with van der Waals surface area (Å²) >= 11 is 1.46. The number of aromatic amines is 1. The maximum absolute atomic E-state index is 5.81. The molecule has 21 heavy (non-hydrogen) atoms. The Labute approximate surface area is 126 Å². The highest BCUT2D eigenvalue weighted by atomic mass is 32.2. The third kappa shape index (κ3) is 3.53. The maximum Gasteiger partial charge on any atom is 0.198 e. The molecular weight excluding hydrogens is 288 g/mol. The molecule has 0 unspecified atom stereocenters. The Morgan fingerprint density at radius 3 is 3.00 bits per heavy atom. The molecular formula is C13H16N6OS. The first-order valence-corrected chi connectivity index (χ1v) is 7.30. The molecule has 0 atom stereocenters. The smallest absolute Gasteiger partial charge is 0.198 e. The van der Waals surface area contributed by atoms with Crippen molar-refractivity contribution >= 4 is 11.8 Å². The van der Waals surface area contributed by atoms with E-state index in [2.05, 4.69) is 25.1 Å². The van der Waals surface area contributed by atoms with Crippen LogP contribution < -0.4 is 0 Å². The standard InChI is InChI=1S/C13H16N6OS/c1-18(8-11-14-5-6-15-11)7-10-3-4-12(20-10)21-13-17-16-9-19(13)2/h3-6,9H,7-8H2,1-2H3,(H,14,15). The molecule has 0 aromatic carbocycles. The molecule has 0 aliphatic heterocycles. The second-order valence-corrected chi connectivity index (χ2v) is 5.73. The van der Waals surface area contributed by atoms with Crippen molar-refractivity contribution in [3.8, 4) is 0 Å². The van der Waals surface area contributed by atoms with Crippen molar-refractivity contribution < 1.29 is 4.42 Å². The molecule has 7 nitrogen and oxygen atoms in total. The number of nitrogens with one attached hydrogen (secondary N) is 1. The van der Waals surface area contributed by atoms with Crippen LogP contribution in [-0.2, 0) is 20.1 Å². The summed E-state index contributed by atoms with van der Waals surface area (Å²) in [5, 5.41) is 9.49. The fourth-order valence-electron chi connectivity index (χ4n) is 1.92. The van der Waals surface area contributed by atoms with E-state index in [1.165, 1.54) is 11.8 Å². The zero-order valence-electron chi connectivity index (χ0n) is 11.9. The van der Waals surface area contributed by atoms with E-state index in [0.29, 0.717) is 0 Å². The lowest BCUT2D eigenvalue weighted by molar-refractivity contribution is 0.272. The van der Waals surface area contributed by atoms with E-state index in [-0.39, 0.29) is 0 Å². The van der Waals surface area contributed by atoms with Gasteiger partial charge in [-0.25, -0.2) is 4.98 Å². The van der Waals surface area contributed by atoms with Gasteiger partial charge in [0, 0.05) is 19.4 Å². The van der Waals surface area contributed by atoms with Gasteiger partial charge in [-0.3, -0.25) is 4.90 Å². The van der Waals surface area contributed by atoms with Crippen LogP contribution in [-0.4, -0.2) is 36.7 Å². The van der Waals surface area contributed by atoms with Crippen LogP contribution in [0.25, 0.3) is 0 Å². The number of nitrogens with zero attached hydrogens (tertiary/aromatic N) is 5. The van der Waals surface area contributed by atoms with Gasteiger partial charge in [-0.15, -0.1) is 10.2 Å². The van der Waals surface area contributed by atoms with Gasteiger partial charge in [-0.2, -0.15) is 0 Å². The molecule has 3 aromatic rings. The van der Waals surface area contributed by atoms with E-state index in [1.807, 2.05) is 37.0 Å². The van der Waals surface area contributed by atoms with Gasteiger partial charge < -0.3 is 14.0 Å². The molecule has 3 rings (SSSR count). The molecule has 1 N–H and O–H groups in total. The Kier molecular flexibility index (Phi) is 4.07. The average molecular weight is 304 g/mol. The third-order valence-electron chi connectivity index (χ3n) is 2.90. The number of hydrogen-bond acceptors (Lipinski definition) is 6. The Morgan fingerprint density at radius 1 is 1.38 bits per heavy atom. The highest BCUT2D eigenvalue weighted by molar-refractivity contribution is 7.99. The number of aryl methyl sites for hydroxylation is 1. The normalized spacial score (nSPS) is 11.4. The van der Waals surface area contributed by atoms with Crippen molar-refractivity contribution in [3.05, 3.63) is 42.4 Å². The van der Waals surface area contributed by atoms with Crippen molar-refractivity contribution in [2.45, 2.75) is 23.3 Å². The molecule has 0 aliphatic carbocycles. The van der Waals surface area contributed by atoms with Crippen LogP contribution >= 0.6 is 11.8 Å². The summed E-state index contributed by atoms with van der Waals surface area (Å²) in [6, 6.07) is 3.94. The van der Waals surface area contributed by atoms with Crippen LogP contribution in [0.3, 0.4) is 0 Å². The minimum absolute atomic E-state index is 0.722. The Balaban J connectivity index is 1.58. The minimum Gasteiger partial charge on any atom is -0.453 e. The second-order valence-electron chi connectivity index (χ2n) is 4.76. The van der Waals surface area contributed by atoms with Crippen molar-refractivity contribution in [3.63, 3.8) is 0 Å². The first-order chi connectivity index (χ1) is 10.2. The summed E-state index contributed by atoms with van der Waals surface area (Å²) in [6.07, 6.45) is 5.25. The van der Waals surface area contributed by atoms with E-state index < -0.39 is 0 Å². The van der Waals surface area contributed by atoms with Gasteiger partial charge in [0.25, 0.3) is 0 Å². The molecule has 110 valence electrons. The van der Waals surface area contributed by atoms with Gasteiger partial charge in [0.1, 0.15) is 17.9 Å². The monoisotopic (exact) mass is 304 g/mol. The first kappa shape index (κ1) is 13.9. The summed E-state index contributed by atoms with van der Waals surface area (Å²) in [7, 11) is 3.93. The lowest BCUT2D eigenvalue weighted by Gasteiger charge is -2.12. The van der Waals surface area contributed by atoms with Crippen molar-refractivity contribution in [2.24, 2.45) is 7.05 Å². The molecule has 0 saturated carbocycles. The van der Waals surface area contributed by atoms with Crippen LogP contribution in [0.5, 0.6) is 0 Å². The lowest BCUT2D eigenvalue weighted by atomic mass is 10.4. The summed E-state index contributed by atoms with van der Waals surface area (Å²) in [4.78, 5) is 9.44. The predicted molar refractivity (Wildman–Crippen MR) is 77.6 cm³/mol. The highest BCUT2D eigenvalue weighted by Crippen LogP contribution is 2.27. The van der Waals surface area contributed by atoms with Crippen molar-refractivity contribution in [1.29, 1.82) is 0 Å². The largest absolute Gasteiger partial charge is 0.453 e. The summed E-state index contributed by atoms with van der Waals surface area (Å²) in [6.45, 7) is 1.47. The molecule has 3 heterocycles.